The molecule has 1 aliphatic rings. The minimum atomic E-state index is -0.0665. The van der Waals surface area contributed by atoms with Crippen LogP contribution in [0.2, 0.25) is 0 Å². The van der Waals surface area contributed by atoms with E-state index >= 15 is 0 Å². The Morgan fingerprint density at radius 1 is 1.78 bits per heavy atom. The molecule has 0 bridgehead atoms. The van der Waals surface area contributed by atoms with Gasteiger partial charge in [0.1, 0.15) is 12.7 Å². The maximum Gasteiger partial charge on any atom is 0.293 e. The largest absolute Gasteiger partial charge is 0.465 e. The van der Waals surface area contributed by atoms with Gasteiger partial charge in [-0.2, -0.15) is 0 Å². The van der Waals surface area contributed by atoms with Crippen LogP contribution in [0.15, 0.2) is 0 Å². The molecular weight excluding hydrogens is 120 g/mol. The summed E-state index contributed by atoms with van der Waals surface area (Å²) in [5.74, 6) is 0. The quantitative estimate of drug-likeness (QED) is 0.408. The van der Waals surface area contributed by atoms with Crippen LogP contribution in [-0.2, 0) is 14.3 Å². The average Bonchev–Trinajstić information content (AvgIpc) is 2.35. The zero-order valence-electron chi connectivity index (χ0n) is 5.59. The van der Waals surface area contributed by atoms with E-state index in [0.29, 0.717) is 13.1 Å². The number of carbonyl (C=O) groups is 1. The highest BCUT2D eigenvalue weighted by Gasteiger charge is 2.48. The van der Waals surface area contributed by atoms with Gasteiger partial charge in [0.15, 0.2) is 0 Å². The second kappa shape index (κ2) is 1.99. The van der Waals surface area contributed by atoms with Crippen LogP contribution in [0.25, 0.3) is 0 Å². The third-order valence-electron chi connectivity index (χ3n) is 1.48. The molecule has 1 saturated heterocycles. The van der Waals surface area contributed by atoms with Gasteiger partial charge in [-0.15, -0.1) is 0 Å². The first-order chi connectivity index (χ1) is 4.17. The van der Waals surface area contributed by atoms with Crippen LogP contribution in [0.5, 0.6) is 0 Å². The van der Waals surface area contributed by atoms with E-state index in [-0.39, 0.29) is 11.7 Å². The fraction of sp³-hybridized carbons (Fsp3) is 0.833. The van der Waals surface area contributed by atoms with Crippen molar-refractivity contribution in [2.24, 2.45) is 0 Å². The van der Waals surface area contributed by atoms with Crippen LogP contribution in [0.3, 0.4) is 0 Å². The Morgan fingerprint density at radius 3 is 2.67 bits per heavy atom. The smallest absolute Gasteiger partial charge is 0.293 e. The number of epoxide rings is 1. The Hall–Kier alpha value is -0.570. The molecule has 52 valence electrons. The topological polar surface area (TPSA) is 38.8 Å². The molecule has 0 aromatic heterocycles. The number of hydrogen-bond acceptors (Lipinski definition) is 3. The first-order valence-corrected chi connectivity index (χ1v) is 2.90. The van der Waals surface area contributed by atoms with E-state index in [1.54, 1.807) is 0 Å². The highest BCUT2D eigenvalue weighted by molar-refractivity contribution is 5.37. The maximum absolute atomic E-state index is 9.67. The third kappa shape index (κ3) is 1.42. The van der Waals surface area contributed by atoms with Gasteiger partial charge >= 0.3 is 0 Å². The first-order valence-electron chi connectivity index (χ1n) is 2.90. The molecular formula is C6H10O3. The highest BCUT2D eigenvalue weighted by atomic mass is 16.6. The first kappa shape index (κ1) is 6.55. The molecule has 3 heteroatoms. The van der Waals surface area contributed by atoms with Crippen molar-refractivity contribution in [3.8, 4) is 0 Å². The second-order valence-corrected chi connectivity index (χ2v) is 2.64. The summed E-state index contributed by atoms with van der Waals surface area (Å²) in [6.45, 7) is 4.76. The Balaban J connectivity index is 2.12. The van der Waals surface area contributed by atoms with E-state index in [0.717, 1.165) is 0 Å². The predicted octanol–water partition coefficient (Wildman–Crippen LogP) is 0.337. The summed E-state index contributed by atoms with van der Waals surface area (Å²) in [4.78, 5) is 9.67. The molecule has 1 fully saturated rings. The van der Waals surface area contributed by atoms with Gasteiger partial charge in [0.05, 0.1) is 5.60 Å². The fourth-order valence-electron chi connectivity index (χ4n) is 0.694. The molecule has 0 spiro atoms. The summed E-state index contributed by atoms with van der Waals surface area (Å²) in [5.41, 5.74) is -0.0665. The van der Waals surface area contributed by atoms with Crippen LogP contribution in [0.1, 0.15) is 13.8 Å². The van der Waals surface area contributed by atoms with Crippen LogP contribution < -0.4 is 0 Å². The maximum atomic E-state index is 9.67. The number of hydrogen-bond donors (Lipinski definition) is 0. The van der Waals surface area contributed by atoms with E-state index < -0.39 is 0 Å². The van der Waals surface area contributed by atoms with Gasteiger partial charge in [-0.1, -0.05) is 0 Å². The third-order valence-corrected chi connectivity index (χ3v) is 1.48. The van der Waals surface area contributed by atoms with Crippen LogP contribution >= 0.6 is 0 Å². The Kier molecular flexibility index (Phi) is 1.45. The fourth-order valence-corrected chi connectivity index (χ4v) is 0.694. The zero-order valence-corrected chi connectivity index (χ0v) is 5.59. The van der Waals surface area contributed by atoms with Crippen LogP contribution in [0, 0.1) is 0 Å². The average molecular weight is 130 g/mol. The molecule has 0 aromatic carbocycles. The van der Waals surface area contributed by atoms with Crippen molar-refractivity contribution in [1.29, 1.82) is 0 Å². The summed E-state index contributed by atoms with van der Waals surface area (Å²) in [6.07, 6.45) is 0.114. The van der Waals surface area contributed by atoms with E-state index in [1.165, 1.54) is 0 Å². The predicted molar refractivity (Wildman–Crippen MR) is 31.0 cm³/mol. The molecule has 1 rings (SSSR count). The van der Waals surface area contributed by atoms with Crippen molar-refractivity contribution in [2.75, 3.05) is 6.61 Å². The van der Waals surface area contributed by atoms with Gasteiger partial charge in [-0.05, 0) is 13.8 Å². The SMILES string of the molecule is CC1(C)OC1COC=O. The van der Waals surface area contributed by atoms with Gasteiger partial charge in [0.25, 0.3) is 6.47 Å². The van der Waals surface area contributed by atoms with Crippen molar-refractivity contribution in [1.82, 2.24) is 0 Å². The minimum Gasteiger partial charge on any atom is -0.465 e. The lowest BCUT2D eigenvalue weighted by atomic mass is 10.1. The Morgan fingerprint density at radius 2 is 2.33 bits per heavy atom. The molecule has 1 unspecified atom stereocenters. The number of ether oxygens (including phenoxy) is 2. The lowest BCUT2D eigenvalue weighted by Gasteiger charge is -1.93. The summed E-state index contributed by atoms with van der Waals surface area (Å²) < 4.78 is 9.61. The summed E-state index contributed by atoms with van der Waals surface area (Å²) >= 11 is 0. The highest BCUT2D eigenvalue weighted by Crippen LogP contribution is 2.34. The lowest BCUT2D eigenvalue weighted by Crippen LogP contribution is -2.09. The molecule has 0 saturated carbocycles. The van der Waals surface area contributed by atoms with Gasteiger partial charge < -0.3 is 9.47 Å². The zero-order chi connectivity index (χ0) is 6.91. The normalized spacial score (nSPS) is 29.3. The Labute approximate surface area is 53.9 Å². The molecule has 0 amide bonds. The summed E-state index contributed by atoms with van der Waals surface area (Å²) in [7, 11) is 0. The molecule has 0 N–H and O–H groups in total. The van der Waals surface area contributed by atoms with Crippen molar-refractivity contribution in [3.05, 3.63) is 0 Å². The molecule has 1 heterocycles. The molecule has 3 nitrogen and oxygen atoms in total. The van der Waals surface area contributed by atoms with Crippen molar-refractivity contribution in [3.63, 3.8) is 0 Å². The van der Waals surface area contributed by atoms with Gasteiger partial charge in [-0.25, -0.2) is 0 Å². The molecule has 1 atom stereocenters. The lowest BCUT2D eigenvalue weighted by molar-refractivity contribution is -0.129. The number of carbonyl (C=O) groups excluding carboxylic acids is 1. The van der Waals surface area contributed by atoms with Crippen molar-refractivity contribution >= 4 is 6.47 Å². The van der Waals surface area contributed by atoms with Crippen LogP contribution in [0.4, 0.5) is 0 Å². The molecule has 9 heavy (non-hydrogen) atoms. The minimum absolute atomic E-state index is 0.0665. The van der Waals surface area contributed by atoms with Gasteiger partial charge in [0.2, 0.25) is 0 Å². The van der Waals surface area contributed by atoms with Crippen molar-refractivity contribution < 1.29 is 14.3 Å². The second-order valence-electron chi connectivity index (χ2n) is 2.64. The van der Waals surface area contributed by atoms with Crippen LogP contribution in [-0.4, -0.2) is 24.8 Å². The Bertz CT molecular complexity index is 119. The molecule has 0 radical (unpaired) electrons. The standard InChI is InChI=1S/C6H10O3/c1-6(2)5(9-6)3-8-4-7/h4-5H,3H2,1-2H3. The van der Waals surface area contributed by atoms with E-state index in [2.05, 4.69) is 4.74 Å². The number of rotatable bonds is 3. The van der Waals surface area contributed by atoms with E-state index in [9.17, 15) is 4.79 Å². The van der Waals surface area contributed by atoms with E-state index in [1.807, 2.05) is 13.8 Å². The summed E-state index contributed by atoms with van der Waals surface area (Å²) in [6, 6.07) is 0. The monoisotopic (exact) mass is 130 g/mol. The van der Waals surface area contributed by atoms with Gasteiger partial charge in [-0.3, -0.25) is 4.79 Å². The molecule has 0 aromatic rings. The molecule has 0 aliphatic carbocycles. The molecule has 1 aliphatic heterocycles. The van der Waals surface area contributed by atoms with Crippen molar-refractivity contribution in [2.45, 2.75) is 25.6 Å². The van der Waals surface area contributed by atoms with Gasteiger partial charge in [0, 0.05) is 0 Å². The van der Waals surface area contributed by atoms with E-state index in [4.69, 9.17) is 4.74 Å². The summed E-state index contributed by atoms with van der Waals surface area (Å²) in [5, 5.41) is 0.